The van der Waals surface area contributed by atoms with Crippen LogP contribution >= 0.6 is 11.3 Å². The van der Waals surface area contributed by atoms with Gasteiger partial charge in [0.2, 0.25) is 0 Å². The van der Waals surface area contributed by atoms with Crippen molar-refractivity contribution < 1.29 is 4.74 Å². The first-order valence-corrected chi connectivity index (χ1v) is 8.03. The van der Waals surface area contributed by atoms with Crippen LogP contribution in [0.5, 0.6) is 0 Å². The van der Waals surface area contributed by atoms with Crippen LogP contribution in [-0.2, 0) is 4.74 Å². The van der Waals surface area contributed by atoms with Crippen molar-refractivity contribution in [2.75, 3.05) is 7.11 Å². The molecule has 2 rings (SSSR count). The lowest BCUT2D eigenvalue weighted by atomic mass is 9.92. The van der Waals surface area contributed by atoms with E-state index in [1.54, 1.807) is 0 Å². The molecule has 18 heavy (non-hydrogen) atoms. The van der Waals surface area contributed by atoms with Crippen LogP contribution in [0, 0.1) is 0 Å². The van der Waals surface area contributed by atoms with E-state index in [9.17, 15) is 0 Å². The predicted molar refractivity (Wildman–Crippen MR) is 78.2 cm³/mol. The van der Waals surface area contributed by atoms with Gasteiger partial charge in [0.25, 0.3) is 0 Å². The molecule has 0 aromatic carbocycles. The van der Waals surface area contributed by atoms with Crippen LogP contribution in [0.3, 0.4) is 0 Å². The Hall–Kier alpha value is -0.380. The SMILES string of the molecule is CCCC(NC1CCC(OC)CC1)c1cccs1. The van der Waals surface area contributed by atoms with E-state index in [-0.39, 0.29) is 0 Å². The molecule has 0 aliphatic heterocycles. The van der Waals surface area contributed by atoms with Crippen molar-refractivity contribution >= 4 is 11.3 Å². The molecule has 1 atom stereocenters. The second-order valence-electron chi connectivity index (χ2n) is 5.23. The summed E-state index contributed by atoms with van der Waals surface area (Å²) in [5.74, 6) is 0. The molecule has 1 saturated carbocycles. The maximum atomic E-state index is 5.44. The smallest absolute Gasteiger partial charge is 0.0572 e. The van der Waals surface area contributed by atoms with E-state index in [0.717, 1.165) is 0 Å². The van der Waals surface area contributed by atoms with E-state index in [4.69, 9.17) is 4.74 Å². The van der Waals surface area contributed by atoms with Crippen LogP contribution in [0.4, 0.5) is 0 Å². The normalized spacial score (nSPS) is 26.1. The van der Waals surface area contributed by atoms with E-state index in [1.807, 2.05) is 18.4 Å². The van der Waals surface area contributed by atoms with Crippen LogP contribution in [0.1, 0.15) is 56.4 Å². The molecular formula is C15H25NOS. The summed E-state index contributed by atoms with van der Waals surface area (Å²) in [4.78, 5) is 1.49. The average Bonchev–Trinajstić information content (AvgIpc) is 2.93. The quantitative estimate of drug-likeness (QED) is 0.836. The third kappa shape index (κ3) is 3.81. The van der Waals surface area contributed by atoms with Gasteiger partial charge < -0.3 is 10.1 Å². The fourth-order valence-electron chi connectivity index (χ4n) is 2.84. The number of hydrogen-bond acceptors (Lipinski definition) is 3. The maximum absolute atomic E-state index is 5.44. The van der Waals surface area contributed by atoms with Crippen molar-refractivity contribution in [2.24, 2.45) is 0 Å². The van der Waals surface area contributed by atoms with Gasteiger partial charge in [-0.15, -0.1) is 11.3 Å². The number of ether oxygens (including phenoxy) is 1. The standard InChI is InChI=1S/C15H25NOS/c1-3-5-14(15-6-4-11-18-15)16-12-7-9-13(17-2)10-8-12/h4,6,11-14,16H,3,5,7-10H2,1-2H3. The number of thiophene rings is 1. The van der Waals surface area contributed by atoms with Crippen LogP contribution in [-0.4, -0.2) is 19.3 Å². The second kappa shape index (κ2) is 7.27. The molecule has 0 saturated heterocycles. The predicted octanol–water partition coefficient (Wildman–Crippen LogP) is 4.14. The Morgan fingerprint density at radius 1 is 1.39 bits per heavy atom. The summed E-state index contributed by atoms with van der Waals surface area (Å²) in [6.45, 7) is 2.27. The largest absolute Gasteiger partial charge is 0.381 e. The van der Waals surface area contributed by atoms with E-state index in [1.165, 1.54) is 43.4 Å². The molecule has 1 fully saturated rings. The van der Waals surface area contributed by atoms with Crippen molar-refractivity contribution in [1.82, 2.24) is 5.32 Å². The van der Waals surface area contributed by atoms with Crippen molar-refractivity contribution in [2.45, 2.75) is 63.6 Å². The van der Waals surface area contributed by atoms with Crippen molar-refractivity contribution in [1.29, 1.82) is 0 Å². The summed E-state index contributed by atoms with van der Waals surface area (Å²) < 4.78 is 5.44. The number of methoxy groups -OCH3 is 1. The van der Waals surface area contributed by atoms with E-state index in [2.05, 4.69) is 29.8 Å². The molecule has 102 valence electrons. The molecule has 0 amide bonds. The maximum Gasteiger partial charge on any atom is 0.0572 e. The Bertz CT molecular complexity index is 317. The van der Waals surface area contributed by atoms with Crippen molar-refractivity contribution in [3.8, 4) is 0 Å². The van der Waals surface area contributed by atoms with E-state index >= 15 is 0 Å². The molecule has 2 nitrogen and oxygen atoms in total. The highest BCUT2D eigenvalue weighted by molar-refractivity contribution is 7.10. The Balaban J connectivity index is 1.86. The van der Waals surface area contributed by atoms with Crippen LogP contribution < -0.4 is 5.32 Å². The van der Waals surface area contributed by atoms with Gasteiger partial charge >= 0.3 is 0 Å². The lowest BCUT2D eigenvalue weighted by Crippen LogP contribution is -2.37. The van der Waals surface area contributed by atoms with E-state index < -0.39 is 0 Å². The van der Waals surface area contributed by atoms with Gasteiger partial charge in [-0.1, -0.05) is 19.4 Å². The molecule has 1 N–H and O–H groups in total. The van der Waals surface area contributed by atoms with Gasteiger partial charge in [-0.3, -0.25) is 0 Å². The third-order valence-corrected chi connectivity index (χ3v) is 4.89. The molecular weight excluding hydrogens is 242 g/mol. The minimum absolute atomic E-state index is 0.495. The van der Waals surface area contributed by atoms with Gasteiger partial charge in [0.1, 0.15) is 0 Å². The molecule has 1 aliphatic rings. The molecule has 1 aromatic heterocycles. The summed E-state index contributed by atoms with van der Waals surface area (Å²) in [7, 11) is 1.84. The third-order valence-electron chi connectivity index (χ3n) is 3.91. The highest BCUT2D eigenvalue weighted by Gasteiger charge is 2.23. The topological polar surface area (TPSA) is 21.3 Å². The minimum Gasteiger partial charge on any atom is -0.381 e. The first-order chi connectivity index (χ1) is 8.83. The fraction of sp³-hybridized carbons (Fsp3) is 0.733. The monoisotopic (exact) mass is 267 g/mol. The zero-order chi connectivity index (χ0) is 12.8. The zero-order valence-corrected chi connectivity index (χ0v) is 12.3. The summed E-state index contributed by atoms with van der Waals surface area (Å²) in [5.41, 5.74) is 0. The van der Waals surface area contributed by atoms with E-state index in [0.29, 0.717) is 18.2 Å². The van der Waals surface area contributed by atoms with Crippen LogP contribution in [0.2, 0.25) is 0 Å². The van der Waals surface area contributed by atoms with Gasteiger partial charge in [0.15, 0.2) is 0 Å². The molecule has 0 bridgehead atoms. The number of nitrogens with one attached hydrogen (secondary N) is 1. The highest BCUT2D eigenvalue weighted by Crippen LogP contribution is 2.27. The van der Waals surface area contributed by atoms with Gasteiger partial charge in [-0.2, -0.15) is 0 Å². The zero-order valence-electron chi connectivity index (χ0n) is 11.5. The Morgan fingerprint density at radius 2 is 2.17 bits per heavy atom. The molecule has 1 heterocycles. The molecule has 1 unspecified atom stereocenters. The van der Waals surface area contributed by atoms with Gasteiger partial charge in [-0.25, -0.2) is 0 Å². The summed E-state index contributed by atoms with van der Waals surface area (Å²) in [6, 6.07) is 5.65. The molecule has 1 aliphatic carbocycles. The Kier molecular flexibility index (Phi) is 5.67. The first kappa shape index (κ1) is 14.0. The molecule has 0 spiro atoms. The fourth-order valence-corrected chi connectivity index (χ4v) is 3.66. The second-order valence-corrected chi connectivity index (χ2v) is 6.21. The van der Waals surface area contributed by atoms with Gasteiger partial charge in [0.05, 0.1) is 6.10 Å². The lowest BCUT2D eigenvalue weighted by Gasteiger charge is -2.31. The minimum atomic E-state index is 0.495. The Labute approximate surface area is 115 Å². The molecule has 0 radical (unpaired) electrons. The number of hydrogen-bond donors (Lipinski definition) is 1. The summed E-state index contributed by atoms with van der Waals surface area (Å²) in [5, 5.41) is 6.04. The van der Waals surface area contributed by atoms with Crippen LogP contribution in [0.15, 0.2) is 17.5 Å². The molecule has 3 heteroatoms. The highest BCUT2D eigenvalue weighted by atomic mass is 32.1. The molecule has 1 aromatic rings. The van der Waals surface area contributed by atoms with Crippen LogP contribution in [0.25, 0.3) is 0 Å². The summed E-state index contributed by atoms with van der Waals surface area (Å²) in [6.07, 6.45) is 7.89. The van der Waals surface area contributed by atoms with Gasteiger partial charge in [-0.05, 0) is 43.6 Å². The lowest BCUT2D eigenvalue weighted by molar-refractivity contribution is 0.0610. The number of rotatable bonds is 6. The van der Waals surface area contributed by atoms with Crippen molar-refractivity contribution in [3.63, 3.8) is 0 Å². The summed E-state index contributed by atoms with van der Waals surface area (Å²) >= 11 is 1.88. The van der Waals surface area contributed by atoms with Crippen molar-refractivity contribution in [3.05, 3.63) is 22.4 Å². The first-order valence-electron chi connectivity index (χ1n) is 7.15. The Morgan fingerprint density at radius 3 is 2.72 bits per heavy atom. The average molecular weight is 267 g/mol. The van der Waals surface area contributed by atoms with Gasteiger partial charge in [0, 0.05) is 24.1 Å².